The van der Waals surface area contributed by atoms with Gasteiger partial charge < -0.3 is 10.6 Å². The van der Waals surface area contributed by atoms with Crippen molar-refractivity contribution < 1.29 is 9.59 Å². The van der Waals surface area contributed by atoms with Gasteiger partial charge >= 0.3 is 0 Å². The molecule has 2 aromatic rings. The average molecular weight is 406 g/mol. The Kier molecular flexibility index (Phi) is 6.09. The SMILES string of the molecule is NC(=O)C1CC(C(=O)N2CCN(CCc3ccccc3)CC2)=NN1c1ccccc1. The summed E-state index contributed by atoms with van der Waals surface area (Å²) < 4.78 is 0. The summed E-state index contributed by atoms with van der Waals surface area (Å²) in [6.07, 6.45) is 1.26. The molecule has 1 unspecified atom stereocenters. The second kappa shape index (κ2) is 9.09. The molecule has 2 aliphatic heterocycles. The molecule has 0 saturated carbocycles. The van der Waals surface area contributed by atoms with Gasteiger partial charge in [-0.2, -0.15) is 5.10 Å². The monoisotopic (exact) mass is 405 g/mol. The molecule has 1 atom stereocenters. The molecular formula is C23H27N5O2. The fraction of sp³-hybridized carbons (Fsp3) is 0.348. The van der Waals surface area contributed by atoms with Crippen molar-refractivity contribution in [3.8, 4) is 0 Å². The van der Waals surface area contributed by atoms with Crippen molar-refractivity contribution in [1.82, 2.24) is 9.80 Å². The van der Waals surface area contributed by atoms with Crippen LogP contribution in [0.1, 0.15) is 12.0 Å². The molecule has 2 aromatic carbocycles. The van der Waals surface area contributed by atoms with Gasteiger partial charge in [-0.25, -0.2) is 0 Å². The van der Waals surface area contributed by atoms with Gasteiger partial charge in [-0.1, -0.05) is 48.5 Å². The fourth-order valence-electron chi connectivity index (χ4n) is 3.97. The number of nitrogens with zero attached hydrogens (tertiary/aromatic N) is 4. The molecule has 7 nitrogen and oxygen atoms in total. The summed E-state index contributed by atoms with van der Waals surface area (Å²) in [5.74, 6) is -0.571. The van der Waals surface area contributed by atoms with E-state index in [1.54, 1.807) is 5.01 Å². The number of amides is 2. The lowest BCUT2D eigenvalue weighted by Gasteiger charge is -2.34. The Morgan fingerprint density at radius 3 is 2.20 bits per heavy atom. The summed E-state index contributed by atoms with van der Waals surface area (Å²) in [4.78, 5) is 29.2. The van der Waals surface area contributed by atoms with E-state index in [-0.39, 0.29) is 12.3 Å². The Balaban J connectivity index is 1.35. The van der Waals surface area contributed by atoms with E-state index in [0.29, 0.717) is 18.8 Å². The van der Waals surface area contributed by atoms with Gasteiger partial charge in [0.15, 0.2) is 0 Å². The second-order valence-electron chi connectivity index (χ2n) is 7.72. The van der Waals surface area contributed by atoms with Crippen LogP contribution in [0.4, 0.5) is 5.69 Å². The maximum Gasteiger partial charge on any atom is 0.270 e. The minimum absolute atomic E-state index is 0.0950. The molecule has 1 fully saturated rings. The van der Waals surface area contributed by atoms with Crippen molar-refractivity contribution in [3.05, 3.63) is 66.2 Å². The smallest absolute Gasteiger partial charge is 0.270 e. The van der Waals surface area contributed by atoms with E-state index in [4.69, 9.17) is 5.73 Å². The molecule has 0 aliphatic carbocycles. The summed E-state index contributed by atoms with van der Waals surface area (Å²) in [7, 11) is 0. The first-order valence-corrected chi connectivity index (χ1v) is 10.4. The molecule has 2 heterocycles. The molecule has 1 saturated heterocycles. The number of nitrogens with two attached hydrogens (primary N) is 1. The van der Waals surface area contributed by atoms with Crippen LogP contribution in [0.15, 0.2) is 65.8 Å². The minimum atomic E-state index is -0.626. The van der Waals surface area contributed by atoms with Crippen LogP contribution in [-0.2, 0) is 16.0 Å². The molecular weight excluding hydrogens is 378 g/mol. The van der Waals surface area contributed by atoms with E-state index in [1.807, 2.05) is 41.3 Å². The number of para-hydroxylation sites is 1. The van der Waals surface area contributed by atoms with Gasteiger partial charge in [-0.3, -0.25) is 19.5 Å². The third-order valence-electron chi connectivity index (χ3n) is 5.73. The Bertz CT molecular complexity index is 908. The summed E-state index contributed by atoms with van der Waals surface area (Å²) in [5.41, 5.74) is 8.07. The molecule has 156 valence electrons. The second-order valence-corrected chi connectivity index (χ2v) is 7.72. The lowest BCUT2D eigenvalue weighted by Crippen LogP contribution is -2.51. The molecule has 0 spiro atoms. The Hall–Kier alpha value is -3.19. The average Bonchev–Trinajstić information content (AvgIpc) is 3.25. The highest BCUT2D eigenvalue weighted by Crippen LogP contribution is 2.25. The third-order valence-corrected chi connectivity index (χ3v) is 5.73. The van der Waals surface area contributed by atoms with Gasteiger partial charge in [0, 0.05) is 39.1 Å². The number of primary amides is 1. The number of hydrogen-bond donors (Lipinski definition) is 1. The predicted molar refractivity (Wildman–Crippen MR) is 117 cm³/mol. The van der Waals surface area contributed by atoms with Gasteiger partial charge in [0.2, 0.25) is 5.91 Å². The van der Waals surface area contributed by atoms with Crippen molar-refractivity contribution in [1.29, 1.82) is 0 Å². The number of anilines is 1. The molecule has 0 radical (unpaired) electrons. The molecule has 2 aliphatic rings. The number of rotatable bonds is 6. The first kappa shape index (κ1) is 20.1. The van der Waals surface area contributed by atoms with Crippen molar-refractivity contribution in [2.45, 2.75) is 18.9 Å². The molecule has 30 heavy (non-hydrogen) atoms. The fourth-order valence-corrected chi connectivity index (χ4v) is 3.97. The van der Waals surface area contributed by atoms with Crippen LogP contribution < -0.4 is 10.7 Å². The van der Waals surface area contributed by atoms with E-state index < -0.39 is 11.9 Å². The summed E-state index contributed by atoms with van der Waals surface area (Å²) in [5, 5.41) is 6.05. The number of benzene rings is 2. The van der Waals surface area contributed by atoms with Crippen molar-refractivity contribution in [3.63, 3.8) is 0 Å². The zero-order valence-corrected chi connectivity index (χ0v) is 17.0. The van der Waals surface area contributed by atoms with Gasteiger partial charge in [-0.15, -0.1) is 0 Å². The highest BCUT2D eigenvalue weighted by Gasteiger charge is 2.37. The first-order valence-electron chi connectivity index (χ1n) is 10.4. The highest BCUT2D eigenvalue weighted by atomic mass is 16.2. The van der Waals surface area contributed by atoms with Crippen LogP contribution in [0, 0.1) is 0 Å². The first-order chi connectivity index (χ1) is 14.6. The quantitative estimate of drug-likeness (QED) is 0.790. The Morgan fingerprint density at radius 2 is 1.57 bits per heavy atom. The van der Waals surface area contributed by atoms with E-state index >= 15 is 0 Å². The lowest BCUT2D eigenvalue weighted by molar-refractivity contribution is -0.125. The standard InChI is InChI=1S/C23H27N5O2/c24-22(29)21-17-20(25-28(21)19-9-5-2-6-10-19)23(30)27-15-13-26(14-16-27)12-11-18-7-3-1-4-8-18/h1-10,21H,11-17H2,(H2,24,29). The molecule has 0 aromatic heterocycles. The van der Waals surface area contributed by atoms with Gasteiger partial charge in [0.25, 0.3) is 5.91 Å². The van der Waals surface area contributed by atoms with Gasteiger partial charge in [-0.05, 0) is 24.1 Å². The number of piperazine rings is 1. The van der Waals surface area contributed by atoms with Crippen LogP contribution >= 0.6 is 0 Å². The maximum atomic E-state index is 13.0. The van der Waals surface area contributed by atoms with E-state index in [9.17, 15) is 9.59 Å². The van der Waals surface area contributed by atoms with Crippen LogP contribution in [0.5, 0.6) is 0 Å². The van der Waals surface area contributed by atoms with Crippen LogP contribution in [0.25, 0.3) is 0 Å². The van der Waals surface area contributed by atoms with Crippen molar-refractivity contribution in [2.24, 2.45) is 10.8 Å². The normalized spacial score (nSPS) is 19.6. The van der Waals surface area contributed by atoms with Crippen molar-refractivity contribution >= 4 is 23.2 Å². The van der Waals surface area contributed by atoms with Crippen LogP contribution in [-0.4, -0.2) is 66.1 Å². The molecule has 7 heteroatoms. The maximum absolute atomic E-state index is 13.0. The molecule has 2 amide bonds. The zero-order valence-electron chi connectivity index (χ0n) is 17.0. The van der Waals surface area contributed by atoms with Crippen LogP contribution in [0.3, 0.4) is 0 Å². The third kappa shape index (κ3) is 4.52. The number of hydrazone groups is 1. The Labute approximate surface area is 176 Å². The molecule has 0 bridgehead atoms. The van der Waals surface area contributed by atoms with E-state index in [0.717, 1.165) is 31.7 Å². The van der Waals surface area contributed by atoms with Crippen LogP contribution in [0.2, 0.25) is 0 Å². The Morgan fingerprint density at radius 1 is 0.933 bits per heavy atom. The number of hydrogen-bond acceptors (Lipinski definition) is 5. The highest BCUT2D eigenvalue weighted by molar-refractivity contribution is 6.40. The number of carbonyl (C=O) groups excluding carboxylic acids is 2. The van der Waals surface area contributed by atoms with E-state index in [1.165, 1.54) is 5.56 Å². The summed E-state index contributed by atoms with van der Waals surface area (Å²) in [6.45, 7) is 4.00. The van der Waals surface area contributed by atoms with Crippen molar-refractivity contribution in [2.75, 3.05) is 37.7 Å². The predicted octanol–water partition coefficient (Wildman–Crippen LogP) is 1.49. The molecule has 4 rings (SSSR count). The summed E-state index contributed by atoms with van der Waals surface area (Å²) in [6, 6.07) is 19.2. The molecule has 2 N–H and O–H groups in total. The topological polar surface area (TPSA) is 82.2 Å². The van der Waals surface area contributed by atoms with Gasteiger partial charge in [0.1, 0.15) is 11.8 Å². The van der Waals surface area contributed by atoms with Gasteiger partial charge in [0.05, 0.1) is 5.69 Å². The number of carbonyl (C=O) groups is 2. The largest absolute Gasteiger partial charge is 0.368 e. The zero-order chi connectivity index (χ0) is 20.9. The minimum Gasteiger partial charge on any atom is -0.368 e. The van der Waals surface area contributed by atoms with E-state index in [2.05, 4.69) is 34.3 Å². The summed E-state index contributed by atoms with van der Waals surface area (Å²) >= 11 is 0. The lowest BCUT2D eigenvalue weighted by atomic mass is 10.1.